The number of rotatable bonds is 0. The topological polar surface area (TPSA) is 26.0 Å². The summed E-state index contributed by atoms with van der Waals surface area (Å²) in [6.07, 6.45) is 7.78. The molecule has 0 saturated carbocycles. The summed E-state index contributed by atoms with van der Waals surface area (Å²) in [6, 6.07) is 1.88. The van der Waals surface area contributed by atoms with Crippen LogP contribution in [0.15, 0.2) is 29.2 Å². The molecule has 0 aliphatic rings. The third kappa shape index (κ3) is 0.598. The number of hydrogen-bond donors (Lipinski definition) is 0. The molecule has 0 aliphatic heterocycles. The van der Waals surface area contributed by atoms with E-state index in [9.17, 15) is 0 Å². The Kier molecular flexibility index (Phi) is 0.803. The van der Waals surface area contributed by atoms with Crippen LogP contribution >= 0.6 is 0 Å². The summed E-state index contributed by atoms with van der Waals surface area (Å²) in [4.78, 5) is 3.80. The van der Waals surface area contributed by atoms with E-state index in [-0.39, 0.29) is 0 Å². The van der Waals surface area contributed by atoms with Gasteiger partial charge < -0.3 is 4.42 Å². The SMILES string of the molecule is [c]1nccc2cocc12. The van der Waals surface area contributed by atoms with Gasteiger partial charge >= 0.3 is 0 Å². The molecule has 0 bridgehead atoms. The second kappa shape index (κ2) is 1.58. The standard InChI is InChI=1S/C7H4NO/c1-2-8-3-7-5-9-4-6(1)7/h1-2,4-5H. The van der Waals surface area contributed by atoms with Gasteiger partial charge in [-0.15, -0.1) is 0 Å². The van der Waals surface area contributed by atoms with E-state index < -0.39 is 0 Å². The molecule has 0 atom stereocenters. The Bertz CT molecular complexity index is 283. The van der Waals surface area contributed by atoms with Crippen LogP contribution in [0, 0.1) is 6.20 Å². The first kappa shape index (κ1) is 4.56. The monoisotopic (exact) mass is 118 g/mol. The van der Waals surface area contributed by atoms with Gasteiger partial charge in [0.2, 0.25) is 0 Å². The van der Waals surface area contributed by atoms with Gasteiger partial charge in [-0.1, -0.05) is 0 Å². The molecular formula is C7H4NO. The maximum atomic E-state index is 4.89. The van der Waals surface area contributed by atoms with Crippen molar-refractivity contribution >= 4 is 10.8 Å². The quantitative estimate of drug-likeness (QED) is 0.525. The Morgan fingerprint density at radius 1 is 1.44 bits per heavy atom. The molecule has 0 saturated heterocycles. The van der Waals surface area contributed by atoms with Crippen molar-refractivity contribution in [1.29, 1.82) is 0 Å². The summed E-state index contributed by atoms with van der Waals surface area (Å²) in [7, 11) is 0. The zero-order chi connectivity index (χ0) is 6.10. The maximum absolute atomic E-state index is 4.89. The number of hydrogen-bond acceptors (Lipinski definition) is 2. The smallest absolute Gasteiger partial charge is 0.100 e. The molecule has 1 radical (unpaired) electrons. The van der Waals surface area contributed by atoms with Crippen LogP contribution in [0.1, 0.15) is 0 Å². The van der Waals surface area contributed by atoms with Crippen molar-refractivity contribution in [2.45, 2.75) is 0 Å². The fourth-order valence-corrected chi connectivity index (χ4v) is 0.751. The first-order valence-electron chi connectivity index (χ1n) is 2.65. The summed E-state index contributed by atoms with van der Waals surface area (Å²) in [5.41, 5.74) is 0. The average Bonchev–Trinajstić information content (AvgIpc) is 2.33. The van der Waals surface area contributed by atoms with Crippen LogP contribution in [-0.4, -0.2) is 4.98 Å². The van der Waals surface area contributed by atoms with Crippen LogP contribution in [0.3, 0.4) is 0 Å². The molecule has 0 spiro atoms. The van der Waals surface area contributed by atoms with Gasteiger partial charge in [0.15, 0.2) is 0 Å². The van der Waals surface area contributed by atoms with Gasteiger partial charge in [0.05, 0.1) is 6.26 Å². The van der Waals surface area contributed by atoms with Gasteiger partial charge in [0.25, 0.3) is 0 Å². The number of aromatic nitrogens is 1. The zero-order valence-corrected chi connectivity index (χ0v) is 4.66. The molecule has 2 aromatic rings. The van der Waals surface area contributed by atoms with E-state index >= 15 is 0 Å². The van der Waals surface area contributed by atoms with Crippen molar-refractivity contribution in [3.05, 3.63) is 31.0 Å². The van der Waals surface area contributed by atoms with Crippen LogP contribution in [0.2, 0.25) is 0 Å². The lowest BCUT2D eigenvalue weighted by Gasteiger charge is -1.78. The highest BCUT2D eigenvalue weighted by atomic mass is 16.3. The van der Waals surface area contributed by atoms with E-state index in [1.807, 2.05) is 6.07 Å². The highest BCUT2D eigenvalue weighted by molar-refractivity contribution is 5.78. The molecule has 9 heavy (non-hydrogen) atoms. The molecular weight excluding hydrogens is 114 g/mol. The Morgan fingerprint density at radius 2 is 2.44 bits per heavy atom. The van der Waals surface area contributed by atoms with Crippen molar-refractivity contribution in [1.82, 2.24) is 4.98 Å². The highest BCUT2D eigenvalue weighted by Crippen LogP contribution is 2.10. The van der Waals surface area contributed by atoms with Gasteiger partial charge in [0.1, 0.15) is 12.5 Å². The summed E-state index contributed by atoms with van der Waals surface area (Å²) in [6.45, 7) is 0. The summed E-state index contributed by atoms with van der Waals surface area (Å²) < 4.78 is 4.89. The van der Waals surface area contributed by atoms with E-state index in [1.165, 1.54) is 0 Å². The average molecular weight is 118 g/mol. The van der Waals surface area contributed by atoms with Crippen molar-refractivity contribution < 1.29 is 4.42 Å². The maximum Gasteiger partial charge on any atom is 0.100 e. The lowest BCUT2D eigenvalue weighted by atomic mass is 10.3. The van der Waals surface area contributed by atoms with E-state index in [1.54, 1.807) is 18.7 Å². The fourth-order valence-electron chi connectivity index (χ4n) is 0.751. The van der Waals surface area contributed by atoms with Crippen molar-refractivity contribution in [2.75, 3.05) is 0 Å². The van der Waals surface area contributed by atoms with Crippen LogP contribution < -0.4 is 0 Å². The van der Waals surface area contributed by atoms with Gasteiger partial charge in [-0.2, -0.15) is 0 Å². The lowest BCUT2D eigenvalue weighted by molar-refractivity contribution is 0.572. The molecule has 2 heteroatoms. The predicted molar refractivity (Wildman–Crippen MR) is 32.8 cm³/mol. The van der Waals surface area contributed by atoms with Crippen LogP contribution in [0.25, 0.3) is 10.8 Å². The first-order valence-corrected chi connectivity index (χ1v) is 2.65. The minimum Gasteiger partial charge on any atom is -0.471 e. The molecule has 0 amide bonds. The van der Waals surface area contributed by atoms with Crippen molar-refractivity contribution in [3.8, 4) is 0 Å². The Hall–Kier alpha value is -1.31. The molecule has 2 rings (SSSR count). The fraction of sp³-hybridized carbons (Fsp3) is 0. The minimum absolute atomic E-state index is 0.928. The number of nitrogens with zero attached hydrogens (tertiary/aromatic N) is 1. The van der Waals surface area contributed by atoms with Gasteiger partial charge in [-0.25, -0.2) is 0 Å². The molecule has 43 valence electrons. The number of fused-ring (bicyclic) bond motifs is 1. The van der Waals surface area contributed by atoms with E-state index in [2.05, 4.69) is 11.2 Å². The Balaban J connectivity index is 2.95. The molecule has 2 nitrogen and oxygen atoms in total. The third-order valence-electron chi connectivity index (χ3n) is 1.21. The molecule has 0 fully saturated rings. The molecule has 0 unspecified atom stereocenters. The molecule has 0 aliphatic carbocycles. The predicted octanol–water partition coefficient (Wildman–Crippen LogP) is 1.63. The summed E-state index contributed by atoms with van der Waals surface area (Å²) in [5, 5.41) is 1.97. The Morgan fingerprint density at radius 3 is 3.33 bits per heavy atom. The summed E-state index contributed by atoms with van der Waals surface area (Å²) >= 11 is 0. The van der Waals surface area contributed by atoms with Crippen molar-refractivity contribution in [3.63, 3.8) is 0 Å². The van der Waals surface area contributed by atoms with E-state index in [0.717, 1.165) is 10.8 Å². The summed E-state index contributed by atoms with van der Waals surface area (Å²) in [5.74, 6) is 0. The van der Waals surface area contributed by atoms with Gasteiger partial charge in [-0.05, 0) is 6.07 Å². The largest absolute Gasteiger partial charge is 0.471 e. The van der Waals surface area contributed by atoms with Crippen LogP contribution in [0.5, 0.6) is 0 Å². The lowest BCUT2D eigenvalue weighted by Crippen LogP contribution is -1.66. The second-order valence-corrected chi connectivity index (χ2v) is 1.80. The molecule has 0 aromatic carbocycles. The minimum atomic E-state index is 0.928. The molecule has 0 N–H and O–H groups in total. The zero-order valence-electron chi connectivity index (χ0n) is 4.66. The number of furan rings is 1. The van der Waals surface area contributed by atoms with Gasteiger partial charge in [0, 0.05) is 17.0 Å². The first-order chi connectivity index (χ1) is 4.47. The van der Waals surface area contributed by atoms with E-state index in [0.29, 0.717) is 0 Å². The molecule has 2 heterocycles. The molecule has 2 aromatic heterocycles. The van der Waals surface area contributed by atoms with Crippen LogP contribution in [0.4, 0.5) is 0 Å². The normalized spacial score (nSPS) is 10.2. The second-order valence-electron chi connectivity index (χ2n) is 1.80. The van der Waals surface area contributed by atoms with Crippen LogP contribution in [-0.2, 0) is 0 Å². The third-order valence-corrected chi connectivity index (χ3v) is 1.21. The van der Waals surface area contributed by atoms with Gasteiger partial charge in [-0.3, -0.25) is 4.98 Å². The highest BCUT2D eigenvalue weighted by Gasteiger charge is 1.91. The number of pyridine rings is 1. The van der Waals surface area contributed by atoms with E-state index in [4.69, 9.17) is 4.42 Å². The van der Waals surface area contributed by atoms with Crippen molar-refractivity contribution in [2.24, 2.45) is 0 Å². The Labute approximate surface area is 52.1 Å².